The van der Waals surface area contributed by atoms with Crippen LogP contribution in [0.5, 0.6) is 0 Å². The minimum atomic E-state index is -4.43. The maximum atomic E-state index is 13.7. The molecule has 0 spiro atoms. The molecule has 0 saturated carbocycles. The molecule has 0 amide bonds. The number of rotatable bonds is 7. The second-order valence-corrected chi connectivity index (χ2v) is 5.86. The number of nitrogens with zero attached hydrogens (tertiary/aromatic N) is 1. The van der Waals surface area contributed by atoms with E-state index in [2.05, 4.69) is 0 Å². The molecule has 2 N–H and O–H groups in total. The number of nitro benzene ring substituents is 1. The zero-order valence-corrected chi connectivity index (χ0v) is 11.8. The van der Waals surface area contributed by atoms with Crippen LogP contribution in [0.2, 0.25) is 0 Å². The number of aliphatic carboxylic acids is 1. The molecular weight excluding hydrogens is 307 g/mol. The van der Waals surface area contributed by atoms with E-state index in [0.29, 0.717) is 12.5 Å². The summed E-state index contributed by atoms with van der Waals surface area (Å²) >= 11 is 0. The van der Waals surface area contributed by atoms with Gasteiger partial charge in [0.2, 0.25) is 10.0 Å². The number of carbonyl (C=O) groups is 1. The molecule has 0 bridgehead atoms. The molecule has 0 fully saturated rings. The Morgan fingerprint density at radius 3 is 2.57 bits per heavy atom. The number of benzene rings is 1. The van der Waals surface area contributed by atoms with Crippen LogP contribution in [0, 0.1) is 15.9 Å². The molecule has 0 aromatic heterocycles. The van der Waals surface area contributed by atoms with Gasteiger partial charge in [-0.05, 0) is 12.5 Å². The molecule has 1 atom stereocenters. The molecule has 0 saturated heterocycles. The quantitative estimate of drug-likeness (QED) is 0.575. The largest absolute Gasteiger partial charge is 0.480 e. The average molecular weight is 320 g/mol. The van der Waals surface area contributed by atoms with Gasteiger partial charge >= 0.3 is 5.97 Å². The molecule has 1 rings (SSSR count). The lowest BCUT2D eigenvalue weighted by molar-refractivity contribution is -0.385. The fraction of sp³-hybridized carbons (Fsp3) is 0.364. The van der Waals surface area contributed by atoms with Crippen molar-refractivity contribution >= 4 is 21.7 Å². The van der Waals surface area contributed by atoms with Crippen molar-refractivity contribution in [3.05, 3.63) is 34.1 Å². The average Bonchev–Trinajstić information content (AvgIpc) is 2.37. The highest BCUT2D eigenvalue weighted by atomic mass is 32.2. The summed E-state index contributed by atoms with van der Waals surface area (Å²) in [5.41, 5.74) is -0.602. The molecule has 1 aromatic carbocycles. The summed E-state index contributed by atoms with van der Waals surface area (Å²) in [6.45, 7) is 1.66. The molecule has 0 radical (unpaired) electrons. The van der Waals surface area contributed by atoms with Gasteiger partial charge in [-0.2, -0.15) is 4.72 Å². The molecular formula is C11H13FN2O6S. The number of carboxylic acid groups (broad SMARTS) is 1. The molecule has 0 aliphatic carbocycles. The third kappa shape index (κ3) is 4.20. The highest BCUT2D eigenvalue weighted by Crippen LogP contribution is 2.20. The van der Waals surface area contributed by atoms with E-state index in [1.807, 2.05) is 4.72 Å². The van der Waals surface area contributed by atoms with Gasteiger partial charge in [0.1, 0.15) is 16.8 Å². The third-order valence-corrected chi connectivity index (χ3v) is 4.09. The van der Waals surface area contributed by atoms with Gasteiger partial charge < -0.3 is 5.11 Å². The minimum Gasteiger partial charge on any atom is -0.480 e. The number of hydrogen-bond donors (Lipinski definition) is 2. The fourth-order valence-corrected chi connectivity index (χ4v) is 2.88. The molecule has 1 aromatic rings. The second-order valence-electron chi connectivity index (χ2n) is 4.17. The number of non-ortho nitro benzene ring substituents is 1. The smallest absolute Gasteiger partial charge is 0.321 e. The molecule has 10 heteroatoms. The summed E-state index contributed by atoms with van der Waals surface area (Å²) in [7, 11) is -4.43. The number of sulfonamides is 1. The number of carboxylic acids is 1. The number of halogens is 1. The van der Waals surface area contributed by atoms with E-state index >= 15 is 0 Å². The molecule has 21 heavy (non-hydrogen) atoms. The SMILES string of the molecule is CCC[C@H](NS(=O)(=O)c1ccc([N+](=O)[O-])cc1F)C(=O)O. The Morgan fingerprint density at radius 1 is 1.52 bits per heavy atom. The second kappa shape index (κ2) is 6.59. The van der Waals surface area contributed by atoms with Crippen molar-refractivity contribution in [2.24, 2.45) is 0 Å². The van der Waals surface area contributed by atoms with Crippen molar-refractivity contribution in [2.45, 2.75) is 30.7 Å². The number of hydrogen-bond acceptors (Lipinski definition) is 5. The first-order valence-electron chi connectivity index (χ1n) is 5.88. The Kier molecular flexibility index (Phi) is 5.33. The van der Waals surface area contributed by atoms with Gasteiger partial charge in [0, 0.05) is 6.07 Å². The first-order valence-corrected chi connectivity index (χ1v) is 7.36. The fourth-order valence-electron chi connectivity index (χ4n) is 1.59. The van der Waals surface area contributed by atoms with Crippen molar-refractivity contribution in [1.29, 1.82) is 0 Å². The monoisotopic (exact) mass is 320 g/mol. The van der Waals surface area contributed by atoms with Gasteiger partial charge in [0.25, 0.3) is 5.69 Å². The van der Waals surface area contributed by atoms with Crippen molar-refractivity contribution in [3.8, 4) is 0 Å². The number of nitro groups is 1. The number of nitrogens with one attached hydrogen (secondary N) is 1. The Morgan fingerprint density at radius 2 is 2.14 bits per heavy atom. The van der Waals surface area contributed by atoms with Gasteiger partial charge in [-0.25, -0.2) is 12.8 Å². The summed E-state index contributed by atoms with van der Waals surface area (Å²) in [6.07, 6.45) is 0.436. The van der Waals surface area contributed by atoms with Gasteiger partial charge in [-0.15, -0.1) is 0 Å². The first kappa shape index (κ1) is 17.0. The highest BCUT2D eigenvalue weighted by Gasteiger charge is 2.27. The van der Waals surface area contributed by atoms with Gasteiger partial charge in [0.15, 0.2) is 0 Å². The summed E-state index contributed by atoms with van der Waals surface area (Å²) in [6, 6.07) is 0.618. The lowest BCUT2D eigenvalue weighted by atomic mass is 10.2. The topological polar surface area (TPSA) is 127 Å². The van der Waals surface area contributed by atoms with E-state index < -0.39 is 43.4 Å². The molecule has 116 valence electrons. The van der Waals surface area contributed by atoms with Gasteiger partial charge in [0.05, 0.1) is 11.0 Å². The first-order chi connectivity index (χ1) is 9.69. The zero-order chi connectivity index (χ0) is 16.2. The zero-order valence-electron chi connectivity index (χ0n) is 10.9. The normalized spacial score (nSPS) is 12.9. The third-order valence-electron chi connectivity index (χ3n) is 2.59. The predicted octanol–water partition coefficient (Wildman–Crippen LogP) is 1.27. The highest BCUT2D eigenvalue weighted by molar-refractivity contribution is 7.89. The molecule has 8 nitrogen and oxygen atoms in total. The Hall–Kier alpha value is -2.07. The van der Waals surface area contributed by atoms with E-state index in [0.717, 1.165) is 12.1 Å². The van der Waals surface area contributed by atoms with Crippen LogP contribution in [0.25, 0.3) is 0 Å². The molecule has 0 aliphatic rings. The molecule has 0 unspecified atom stereocenters. The summed E-state index contributed by atoms with van der Waals surface area (Å²) in [5, 5.41) is 19.4. The van der Waals surface area contributed by atoms with E-state index in [-0.39, 0.29) is 6.42 Å². The van der Waals surface area contributed by atoms with Crippen molar-refractivity contribution < 1.29 is 27.6 Å². The Balaban J connectivity index is 3.13. The van der Waals surface area contributed by atoms with Gasteiger partial charge in [-0.1, -0.05) is 13.3 Å². The maximum absolute atomic E-state index is 13.7. The Bertz CT molecular complexity index is 661. The standard InChI is InChI=1S/C11H13FN2O6S/c1-2-3-9(11(15)16)13-21(19,20)10-5-4-7(14(17)18)6-8(10)12/h4-6,9,13H,2-3H2,1H3,(H,15,16)/t9-/m0/s1. The lowest BCUT2D eigenvalue weighted by Gasteiger charge is -2.14. The van der Waals surface area contributed by atoms with E-state index in [1.54, 1.807) is 6.92 Å². The van der Waals surface area contributed by atoms with Crippen LogP contribution in [0.4, 0.5) is 10.1 Å². The van der Waals surface area contributed by atoms with E-state index in [1.165, 1.54) is 0 Å². The van der Waals surface area contributed by atoms with Crippen LogP contribution in [0.3, 0.4) is 0 Å². The van der Waals surface area contributed by atoms with E-state index in [4.69, 9.17) is 5.11 Å². The molecule has 0 aliphatic heterocycles. The van der Waals surface area contributed by atoms with Crippen LogP contribution in [0.1, 0.15) is 19.8 Å². The Labute approximate surface area is 119 Å². The molecule has 0 heterocycles. The van der Waals surface area contributed by atoms with Crippen molar-refractivity contribution in [1.82, 2.24) is 4.72 Å². The summed E-state index contributed by atoms with van der Waals surface area (Å²) < 4.78 is 39.4. The van der Waals surface area contributed by atoms with Crippen molar-refractivity contribution in [3.63, 3.8) is 0 Å². The van der Waals surface area contributed by atoms with Crippen LogP contribution < -0.4 is 4.72 Å². The maximum Gasteiger partial charge on any atom is 0.321 e. The minimum absolute atomic E-state index is 0.0309. The van der Waals surface area contributed by atoms with Crippen LogP contribution in [-0.2, 0) is 14.8 Å². The van der Waals surface area contributed by atoms with Crippen molar-refractivity contribution in [2.75, 3.05) is 0 Å². The lowest BCUT2D eigenvalue weighted by Crippen LogP contribution is -2.40. The summed E-state index contributed by atoms with van der Waals surface area (Å²) in [5.74, 6) is -2.71. The van der Waals surface area contributed by atoms with E-state index in [9.17, 15) is 27.7 Å². The van der Waals surface area contributed by atoms with Crippen LogP contribution in [0.15, 0.2) is 23.1 Å². The summed E-state index contributed by atoms with van der Waals surface area (Å²) in [4.78, 5) is 19.7. The predicted molar refractivity (Wildman–Crippen MR) is 69.7 cm³/mol. The van der Waals surface area contributed by atoms with Crippen LogP contribution >= 0.6 is 0 Å². The van der Waals surface area contributed by atoms with Crippen LogP contribution in [-0.4, -0.2) is 30.5 Å². The van der Waals surface area contributed by atoms with Gasteiger partial charge in [-0.3, -0.25) is 14.9 Å².